The van der Waals surface area contributed by atoms with Gasteiger partial charge >= 0.3 is 5.97 Å². The molecule has 0 radical (unpaired) electrons. The van der Waals surface area contributed by atoms with Crippen LogP contribution in [-0.2, 0) is 32.0 Å². The van der Waals surface area contributed by atoms with Gasteiger partial charge in [-0.15, -0.1) is 0 Å². The Labute approximate surface area is 255 Å². The van der Waals surface area contributed by atoms with Gasteiger partial charge in [-0.2, -0.15) is 0 Å². The summed E-state index contributed by atoms with van der Waals surface area (Å²) in [4.78, 5) is 38.7. The fraction of sp³-hybridized carbons (Fsp3) is 0.571. The van der Waals surface area contributed by atoms with Crippen molar-refractivity contribution in [3.8, 4) is 0 Å². The van der Waals surface area contributed by atoms with Gasteiger partial charge in [0.05, 0.1) is 6.04 Å². The summed E-state index contributed by atoms with van der Waals surface area (Å²) in [5.41, 5.74) is 13.3. The second-order valence-electron chi connectivity index (χ2n) is 12.5. The number of unbranched alkanes of at least 4 members (excludes halogenated alkanes) is 4. The van der Waals surface area contributed by atoms with Crippen molar-refractivity contribution in [2.24, 2.45) is 16.9 Å². The molecule has 0 fully saturated rings. The molecule has 0 heterocycles. The third kappa shape index (κ3) is 14.4. The van der Waals surface area contributed by atoms with Crippen molar-refractivity contribution in [3.63, 3.8) is 0 Å². The summed E-state index contributed by atoms with van der Waals surface area (Å²) >= 11 is 0. The minimum Gasteiger partial charge on any atom is -0.453 e. The summed E-state index contributed by atoms with van der Waals surface area (Å²) < 4.78 is 33.1. The largest absolute Gasteiger partial charge is 0.453 e. The van der Waals surface area contributed by atoms with E-state index in [1.54, 1.807) is 0 Å². The number of esters is 1. The number of rotatable bonds is 21. The van der Waals surface area contributed by atoms with E-state index in [0.29, 0.717) is 19.3 Å². The number of hydrogen-bond acceptors (Lipinski definition) is 6. The molecule has 0 saturated carbocycles. The molecule has 0 saturated heterocycles. The highest BCUT2D eigenvalue weighted by Crippen LogP contribution is 2.30. The molecule has 4 N–H and O–H groups in total. The zero-order chi connectivity index (χ0) is 31.8. The highest BCUT2D eigenvalue weighted by molar-refractivity contribution is 5.86. The van der Waals surface area contributed by atoms with Crippen LogP contribution < -0.4 is 11.5 Å². The van der Waals surface area contributed by atoms with Crippen molar-refractivity contribution in [2.75, 3.05) is 0 Å². The van der Waals surface area contributed by atoms with Crippen molar-refractivity contribution >= 4 is 17.5 Å². The maximum atomic E-state index is 13.9. The standard InChI is InChI=1S/C35H50F2N2O4/c1-4-5-6-7-11-14-33(42)43-34(31(39)21-25-12-9-8-10-13-25)32(41)18-20-35(2,3)19-17-29(40)24-28(38)23-26-22-27(36)15-16-30(26)37/h8-10,12-13,15-16,22,28,31,34H,4-7,11,14,17-21,23-24,38-39H2,1-3H3. The van der Waals surface area contributed by atoms with Crippen LogP contribution in [0.1, 0.15) is 103 Å². The second kappa shape index (κ2) is 18.6. The predicted octanol–water partition coefficient (Wildman–Crippen LogP) is 6.79. The van der Waals surface area contributed by atoms with Crippen molar-refractivity contribution in [1.29, 1.82) is 0 Å². The van der Waals surface area contributed by atoms with E-state index in [1.165, 1.54) is 0 Å². The van der Waals surface area contributed by atoms with Crippen LogP contribution in [-0.4, -0.2) is 35.7 Å². The Kier molecular flexibility index (Phi) is 15.7. The van der Waals surface area contributed by atoms with Gasteiger partial charge in [0.2, 0.25) is 0 Å². The molecule has 0 bridgehead atoms. The molecule has 0 aliphatic carbocycles. The van der Waals surface area contributed by atoms with Gasteiger partial charge in [-0.05, 0) is 66.8 Å². The molecule has 238 valence electrons. The minimum atomic E-state index is -1.04. The molecule has 0 amide bonds. The van der Waals surface area contributed by atoms with Crippen LogP contribution in [0, 0.1) is 17.0 Å². The van der Waals surface area contributed by atoms with Crippen LogP contribution in [0.15, 0.2) is 48.5 Å². The van der Waals surface area contributed by atoms with E-state index in [9.17, 15) is 23.2 Å². The number of carbonyl (C=O) groups excluding carboxylic acids is 3. The average Bonchev–Trinajstić information content (AvgIpc) is 2.96. The monoisotopic (exact) mass is 600 g/mol. The third-order valence-electron chi connectivity index (χ3n) is 7.87. The molecule has 0 aromatic heterocycles. The van der Waals surface area contributed by atoms with Gasteiger partial charge in [-0.1, -0.05) is 76.8 Å². The lowest BCUT2D eigenvalue weighted by molar-refractivity contribution is -0.156. The maximum Gasteiger partial charge on any atom is 0.306 e. The molecule has 0 spiro atoms. The van der Waals surface area contributed by atoms with Crippen LogP contribution in [0.5, 0.6) is 0 Å². The van der Waals surface area contributed by atoms with E-state index in [0.717, 1.165) is 55.9 Å². The second-order valence-corrected chi connectivity index (χ2v) is 12.5. The van der Waals surface area contributed by atoms with Crippen LogP contribution in [0.3, 0.4) is 0 Å². The molecule has 0 aliphatic heterocycles. The Morgan fingerprint density at radius 2 is 1.53 bits per heavy atom. The van der Waals surface area contributed by atoms with Crippen LogP contribution in [0.25, 0.3) is 0 Å². The van der Waals surface area contributed by atoms with E-state index >= 15 is 0 Å². The number of carbonyl (C=O) groups is 3. The average molecular weight is 601 g/mol. The highest BCUT2D eigenvalue weighted by Gasteiger charge is 2.31. The van der Waals surface area contributed by atoms with Crippen LogP contribution in [0.4, 0.5) is 8.78 Å². The topological polar surface area (TPSA) is 112 Å². The van der Waals surface area contributed by atoms with Gasteiger partial charge in [0.1, 0.15) is 17.4 Å². The Balaban J connectivity index is 1.90. The molecule has 0 aliphatic rings. The van der Waals surface area contributed by atoms with Gasteiger partial charge < -0.3 is 16.2 Å². The molecule has 3 unspecified atom stereocenters. The number of nitrogens with two attached hydrogens (primary N) is 2. The van der Waals surface area contributed by atoms with Crippen molar-refractivity contribution in [2.45, 2.75) is 122 Å². The molecule has 8 heteroatoms. The molecule has 6 nitrogen and oxygen atoms in total. The first kappa shape index (κ1) is 36.2. The van der Waals surface area contributed by atoms with E-state index in [1.807, 2.05) is 44.2 Å². The van der Waals surface area contributed by atoms with Crippen molar-refractivity contribution in [3.05, 3.63) is 71.3 Å². The lowest BCUT2D eigenvalue weighted by Crippen LogP contribution is -2.45. The van der Waals surface area contributed by atoms with Crippen molar-refractivity contribution < 1.29 is 27.9 Å². The fourth-order valence-electron chi connectivity index (χ4n) is 5.11. The van der Waals surface area contributed by atoms with E-state index < -0.39 is 35.8 Å². The number of benzene rings is 2. The van der Waals surface area contributed by atoms with Gasteiger partial charge in [0.25, 0.3) is 0 Å². The van der Waals surface area contributed by atoms with E-state index in [-0.39, 0.29) is 54.6 Å². The van der Waals surface area contributed by atoms with Gasteiger partial charge in [-0.3, -0.25) is 14.4 Å². The van der Waals surface area contributed by atoms with Crippen LogP contribution >= 0.6 is 0 Å². The number of hydrogen-bond donors (Lipinski definition) is 2. The fourth-order valence-corrected chi connectivity index (χ4v) is 5.11. The summed E-state index contributed by atoms with van der Waals surface area (Å²) in [5, 5.41) is 0. The molecule has 2 aromatic rings. The first-order chi connectivity index (χ1) is 20.4. The SMILES string of the molecule is CCCCCCCC(=O)OC(C(=O)CCC(C)(C)CCC(=O)CC(N)Cc1cc(F)ccc1F)C(N)Cc1ccccc1. The lowest BCUT2D eigenvalue weighted by atomic mass is 9.80. The Hall–Kier alpha value is -2.97. The summed E-state index contributed by atoms with van der Waals surface area (Å²) in [6, 6.07) is 11.5. The summed E-state index contributed by atoms with van der Waals surface area (Å²) in [5.74, 6) is -1.79. The van der Waals surface area contributed by atoms with Crippen molar-refractivity contribution in [1.82, 2.24) is 0 Å². The smallest absolute Gasteiger partial charge is 0.306 e. The first-order valence-corrected chi connectivity index (χ1v) is 15.6. The summed E-state index contributed by atoms with van der Waals surface area (Å²) in [6.07, 6.45) is 6.13. The number of Topliss-reactive ketones (excluding diaryl/α,β-unsaturated/α-hetero) is 2. The molecule has 2 rings (SSSR count). The molecule has 43 heavy (non-hydrogen) atoms. The number of halogens is 2. The number of ether oxygens (including phenoxy) is 1. The van der Waals surface area contributed by atoms with Gasteiger partial charge in [0.15, 0.2) is 11.9 Å². The normalized spacial score (nSPS) is 13.7. The molecular weight excluding hydrogens is 550 g/mol. The first-order valence-electron chi connectivity index (χ1n) is 15.6. The van der Waals surface area contributed by atoms with E-state index in [2.05, 4.69) is 6.92 Å². The molecule has 3 atom stereocenters. The summed E-state index contributed by atoms with van der Waals surface area (Å²) in [7, 11) is 0. The van der Waals surface area contributed by atoms with E-state index in [4.69, 9.17) is 16.2 Å². The zero-order valence-electron chi connectivity index (χ0n) is 26.1. The van der Waals surface area contributed by atoms with Crippen LogP contribution in [0.2, 0.25) is 0 Å². The molecular formula is C35H50F2N2O4. The predicted molar refractivity (Wildman–Crippen MR) is 166 cm³/mol. The highest BCUT2D eigenvalue weighted by atomic mass is 19.1. The third-order valence-corrected chi connectivity index (χ3v) is 7.87. The van der Waals surface area contributed by atoms with Gasteiger partial charge in [-0.25, -0.2) is 8.78 Å². The number of ketones is 2. The zero-order valence-corrected chi connectivity index (χ0v) is 26.1. The quantitative estimate of drug-likeness (QED) is 0.121. The Bertz CT molecular complexity index is 1160. The Morgan fingerprint density at radius 3 is 2.23 bits per heavy atom. The minimum absolute atomic E-state index is 0.0514. The summed E-state index contributed by atoms with van der Waals surface area (Å²) in [6.45, 7) is 6.10. The Morgan fingerprint density at radius 1 is 0.860 bits per heavy atom. The maximum absolute atomic E-state index is 13.9. The lowest BCUT2D eigenvalue weighted by Gasteiger charge is -2.27. The molecule has 2 aromatic carbocycles. The van der Waals surface area contributed by atoms with Gasteiger partial charge in [0, 0.05) is 31.7 Å².